The molecule has 0 spiro atoms. The highest BCUT2D eigenvalue weighted by Gasteiger charge is 2.32. The number of carbonyl (C=O) groups excluding carboxylic acids is 1. The Kier molecular flexibility index (Phi) is 8.80. The summed E-state index contributed by atoms with van der Waals surface area (Å²) in [6.45, 7) is 16.6. The van der Waals surface area contributed by atoms with Gasteiger partial charge >= 0.3 is 6.09 Å². The molecule has 3 rings (SSSR count). The zero-order valence-electron chi connectivity index (χ0n) is 19.8. The van der Waals surface area contributed by atoms with Gasteiger partial charge in [0, 0.05) is 59.0 Å². The van der Waals surface area contributed by atoms with Crippen molar-refractivity contribution in [1.82, 2.24) is 20.0 Å². The monoisotopic (exact) mass is 439 g/mol. The van der Waals surface area contributed by atoms with E-state index in [1.807, 2.05) is 20.8 Å². The second-order valence-corrected chi connectivity index (χ2v) is 9.45. The van der Waals surface area contributed by atoms with Crippen molar-refractivity contribution in [2.24, 2.45) is 4.99 Å². The number of aliphatic imine (C=N–C) groups is 1. The van der Waals surface area contributed by atoms with Gasteiger partial charge < -0.3 is 29.3 Å². The third-order valence-corrected chi connectivity index (χ3v) is 5.81. The van der Waals surface area contributed by atoms with Crippen molar-refractivity contribution in [2.75, 3.05) is 72.1 Å². The van der Waals surface area contributed by atoms with Gasteiger partial charge in [0.15, 0.2) is 5.96 Å². The summed E-state index contributed by atoms with van der Waals surface area (Å²) in [6.07, 6.45) is 2.34. The largest absolute Gasteiger partial charge is 0.444 e. The summed E-state index contributed by atoms with van der Waals surface area (Å²) in [5.74, 6) is 0.959. The van der Waals surface area contributed by atoms with Crippen LogP contribution in [0.25, 0.3) is 0 Å². The number of carbonyl (C=O) groups is 1. The molecule has 0 aromatic carbocycles. The number of piperazine rings is 1. The van der Waals surface area contributed by atoms with Crippen LogP contribution in [-0.4, -0.2) is 117 Å². The number of guanidine groups is 1. The van der Waals surface area contributed by atoms with Crippen molar-refractivity contribution >= 4 is 12.1 Å². The summed E-state index contributed by atoms with van der Waals surface area (Å²) < 4.78 is 17.3. The molecule has 0 aromatic heterocycles. The molecule has 0 radical (unpaired) electrons. The second-order valence-electron chi connectivity index (χ2n) is 9.45. The Bertz CT molecular complexity index is 595. The minimum atomic E-state index is -0.450. The van der Waals surface area contributed by atoms with Crippen LogP contribution in [-0.2, 0) is 14.2 Å². The lowest BCUT2D eigenvalue weighted by molar-refractivity contribution is -0.0817. The van der Waals surface area contributed by atoms with Gasteiger partial charge in [-0.1, -0.05) is 0 Å². The highest BCUT2D eigenvalue weighted by Crippen LogP contribution is 2.21. The topological polar surface area (TPSA) is 78.9 Å². The zero-order chi connectivity index (χ0) is 22.3. The number of rotatable bonds is 5. The van der Waals surface area contributed by atoms with E-state index in [0.717, 1.165) is 71.2 Å². The van der Waals surface area contributed by atoms with Gasteiger partial charge in [0.1, 0.15) is 11.7 Å². The predicted molar refractivity (Wildman–Crippen MR) is 121 cm³/mol. The Balaban J connectivity index is 1.44. The Morgan fingerprint density at radius 2 is 1.81 bits per heavy atom. The molecule has 178 valence electrons. The van der Waals surface area contributed by atoms with Gasteiger partial charge in [0.2, 0.25) is 0 Å². The molecule has 3 heterocycles. The van der Waals surface area contributed by atoms with Crippen LogP contribution in [0.1, 0.15) is 40.5 Å². The van der Waals surface area contributed by atoms with Gasteiger partial charge in [-0.25, -0.2) is 4.79 Å². The molecule has 0 aliphatic carbocycles. The molecule has 0 aromatic rings. The Hall–Kier alpha value is -1.58. The lowest BCUT2D eigenvalue weighted by Crippen LogP contribution is -2.53. The molecule has 3 fully saturated rings. The SMILES string of the molecule is CCNC(=NCCN1CCN(C(=O)OC(C)(C)C)CC1)N1CCOC(C2CCCO2)C1. The molecule has 0 bridgehead atoms. The summed E-state index contributed by atoms with van der Waals surface area (Å²) in [4.78, 5) is 23.6. The summed E-state index contributed by atoms with van der Waals surface area (Å²) in [5.41, 5.74) is -0.450. The average molecular weight is 440 g/mol. The number of amides is 1. The van der Waals surface area contributed by atoms with Crippen LogP contribution < -0.4 is 5.32 Å². The molecular weight excluding hydrogens is 398 g/mol. The Morgan fingerprint density at radius 3 is 2.45 bits per heavy atom. The fourth-order valence-electron chi connectivity index (χ4n) is 4.19. The first-order valence-corrected chi connectivity index (χ1v) is 11.8. The maximum Gasteiger partial charge on any atom is 0.410 e. The molecule has 9 nitrogen and oxygen atoms in total. The van der Waals surface area contributed by atoms with Gasteiger partial charge in [-0.15, -0.1) is 0 Å². The molecule has 2 unspecified atom stereocenters. The van der Waals surface area contributed by atoms with E-state index in [1.165, 1.54) is 0 Å². The molecule has 31 heavy (non-hydrogen) atoms. The maximum atomic E-state index is 12.2. The third-order valence-electron chi connectivity index (χ3n) is 5.81. The first kappa shape index (κ1) is 24.1. The highest BCUT2D eigenvalue weighted by atomic mass is 16.6. The lowest BCUT2D eigenvalue weighted by atomic mass is 10.1. The molecule has 0 saturated carbocycles. The van der Waals surface area contributed by atoms with E-state index in [2.05, 4.69) is 22.0 Å². The fraction of sp³-hybridized carbons (Fsp3) is 0.909. The van der Waals surface area contributed by atoms with Crippen molar-refractivity contribution < 1.29 is 19.0 Å². The number of hydrogen-bond acceptors (Lipinski definition) is 6. The second kappa shape index (κ2) is 11.3. The van der Waals surface area contributed by atoms with E-state index >= 15 is 0 Å². The lowest BCUT2D eigenvalue weighted by Gasteiger charge is -2.37. The summed E-state index contributed by atoms with van der Waals surface area (Å²) in [7, 11) is 0. The molecule has 3 aliphatic heterocycles. The normalized spacial score (nSPS) is 26.3. The van der Waals surface area contributed by atoms with E-state index in [9.17, 15) is 4.79 Å². The van der Waals surface area contributed by atoms with Crippen LogP contribution in [0.5, 0.6) is 0 Å². The van der Waals surface area contributed by atoms with Gasteiger partial charge in [0.05, 0.1) is 19.3 Å². The minimum Gasteiger partial charge on any atom is -0.444 e. The smallest absolute Gasteiger partial charge is 0.410 e. The van der Waals surface area contributed by atoms with Crippen LogP contribution in [0, 0.1) is 0 Å². The van der Waals surface area contributed by atoms with Crippen molar-refractivity contribution in [3.05, 3.63) is 0 Å². The van der Waals surface area contributed by atoms with Crippen LogP contribution in [0.15, 0.2) is 4.99 Å². The Morgan fingerprint density at radius 1 is 1.06 bits per heavy atom. The molecule has 2 atom stereocenters. The molecule has 3 aliphatic rings. The predicted octanol–water partition coefficient (Wildman–Crippen LogP) is 1.38. The molecule has 9 heteroatoms. The van der Waals surface area contributed by atoms with Crippen molar-refractivity contribution in [2.45, 2.75) is 58.3 Å². The van der Waals surface area contributed by atoms with Crippen molar-refractivity contribution in [1.29, 1.82) is 0 Å². The standard InChI is InChI=1S/C22H41N5O4/c1-5-23-20(27-14-16-30-19(17-27)18-7-6-15-29-18)24-8-9-25-10-12-26(13-11-25)21(28)31-22(2,3)4/h18-19H,5-17H2,1-4H3,(H,23,24). The average Bonchev–Trinajstić information content (AvgIpc) is 3.27. The van der Waals surface area contributed by atoms with Crippen LogP contribution >= 0.6 is 0 Å². The molecular formula is C22H41N5O4. The van der Waals surface area contributed by atoms with E-state index in [0.29, 0.717) is 19.7 Å². The summed E-state index contributed by atoms with van der Waals surface area (Å²) in [6, 6.07) is 0. The van der Waals surface area contributed by atoms with E-state index in [4.69, 9.17) is 19.2 Å². The van der Waals surface area contributed by atoms with Gasteiger partial charge in [-0.3, -0.25) is 9.89 Å². The van der Waals surface area contributed by atoms with E-state index in [-0.39, 0.29) is 18.3 Å². The molecule has 1 amide bonds. The summed E-state index contributed by atoms with van der Waals surface area (Å²) in [5, 5.41) is 3.44. The molecule has 3 saturated heterocycles. The van der Waals surface area contributed by atoms with Crippen LogP contribution in [0.4, 0.5) is 4.79 Å². The quantitative estimate of drug-likeness (QED) is 0.512. The van der Waals surface area contributed by atoms with E-state index in [1.54, 1.807) is 4.90 Å². The number of hydrogen-bond donors (Lipinski definition) is 1. The number of morpholine rings is 1. The van der Waals surface area contributed by atoms with Crippen molar-refractivity contribution in [3.8, 4) is 0 Å². The minimum absolute atomic E-state index is 0.126. The number of nitrogens with zero attached hydrogens (tertiary/aromatic N) is 4. The van der Waals surface area contributed by atoms with E-state index < -0.39 is 5.60 Å². The van der Waals surface area contributed by atoms with Crippen LogP contribution in [0.3, 0.4) is 0 Å². The highest BCUT2D eigenvalue weighted by molar-refractivity contribution is 5.80. The zero-order valence-corrected chi connectivity index (χ0v) is 19.8. The van der Waals surface area contributed by atoms with Crippen molar-refractivity contribution in [3.63, 3.8) is 0 Å². The number of nitrogens with one attached hydrogen (secondary N) is 1. The van der Waals surface area contributed by atoms with Crippen LogP contribution in [0.2, 0.25) is 0 Å². The molecule has 1 N–H and O–H groups in total. The first-order valence-electron chi connectivity index (χ1n) is 11.8. The van der Waals surface area contributed by atoms with Gasteiger partial charge in [0.25, 0.3) is 0 Å². The number of ether oxygens (including phenoxy) is 3. The summed E-state index contributed by atoms with van der Waals surface area (Å²) >= 11 is 0. The van der Waals surface area contributed by atoms with Gasteiger partial charge in [-0.2, -0.15) is 0 Å². The van der Waals surface area contributed by atoms with Gasteiger partial charge in [-0.05, 0) is 40.5 Å². The fourth-order valence-corrected chi connectivity index (χ4v) is 4.19. The first-order chi connectivity index (χ1) is 14.9. The Labute approximate surface area is 187 Å². The maximum absolute atomic E-state index is 12.2. The third kappa shape index (κ3) is 7.50.